The summed E-state index contributed by atoms with van der Waals surface area (Å²) in [6.45, 7) is -0.331. The first-order valence-electron chi connectivity index (χ1n) is 3.64. The highest BCUT2D eigenvalue weighted by Crippen LogP contribution is 1.89. The van der Waals surface area contributed by atoms with Gasteiger partial charge in [0.2, 0.25) is 0 Å². The van der Waals surface area contributed by atoms with Crippen LogP contribution in [0.25, 0.3) is 0 Å². The summed E-state index contributed by atoms with van der Waals surface area (Å²) in [6.07, 6.45) is 1.02. The Morgan fingerprint density at radius 1 is 1.64 bits per heavy atom. The Hall–Kier alpha value is -2.05. The molecule has 0 saturated carbocycles. The van der Waals surface area contributed by atoms with Crippen LogP contribution < -0.4 is 5.56 Å². The van der Waals surface area contributed by atoms with Crippen molar-refractivity contribution in [3.8, 4) is 0 Å². The SMILES string of the molecule is COC(=O)Cn1[nH]cc(C(=O)O)c1=O. The minimum atomic E-state index is -1.34. The second-order valence-electron chi connectivity index (χ2n) is 2.46. The van der Waals surface area contributed by atoms with Crippen molar-refractivity contribution >= 4 is 11.9 Å². The molecule has 0 bridgehead atoms. The summed E-state index contributed by atoms with van der Waals surface area (Å²) in [6, 6.07) is 0. The van der Waals surface area contributed by atoms with Crippen molar-refractivity contribution < 1.29 is 19.4 Å². The van der Waals surface area contributed by atoms with Crippen LogP contribution in [-0.4, -0.2) is 33.9 Å². The average molecular weight is 200 g/mol. The van der Waals surface area contributed by atoms with Crippen molar-refractivity contribution in [2.24, 2.45) is 0 Å². The van der Waals surface area contributed by atoms with Gasteiger partial charge in [-0.1, -0.05) is 0 Å². The van der Waals surface area contributed by atoms with E-state index in [-0.39, 0.29) is 6.54 Å². The Kier molecular flexibility index (Phi) is 2.70. The molecule has 0 unspecified atom stereocenters. The van der Waals surface area contributed by atoms with Crippen LogP contribution in [0.5, 0.6) is 0 Å². The van der Waals surface area contributed by atoms with Crippen molar-refractivity contribution in [2.45, 2.75) is 6.54 Å². The van der Waals surface area contributed by atoms with E-state index in [0.29, 0.717) is 0 Å². The molecule has 0 aromatic carbocycles. The monoisotopic (exact) mass is 200 g/mol. The second-order valence-corrected chi connectivity index (χ2v) is 2.46. The van der Waals surface area contributed by atoms with Gasteiger partial charge in [-0.25, -0.2) is 9.48 Å². The number of aromatic amines is 1. The molecule has 7 heteroatoms. The van der Waals surface area contributed by atoms with E-state index in [2.05, 4.69) is 9.84 Å². The molecule has 0 radical (unpaired) electrons. The molecular weight excluding hydrogens is 192 g/mol. The average Bonchev–Trinajstić information content (AvgIpc) is 2.48. The first-order valence-corrected chi connectivity index (χ1v) is 3.64. The number of carboxylic acid groups (broad SMARTS) is 1. The number of carbonyl (C=O) groups is 2. The van der Waals surface area contributed by atoms with Gasteiger partial charge >= 0.3 is 11.9 Å². The minimum absolute atomic E-state index is 0.331. The number of hydrogen-bond donors (Lipinski definition) is 2. The van der Waals surface area contributed by atoms with Gasteiger partial charge < -0.3 is 14.9 Å². The maximum atomic E-state index is 11.2. The highest BCUT2D eigenvalue weighted by atomic mass is 16.5. The van der Waals surface area contributed by atoms with Crippen LogP contribution in [0.1, 0.15) is 10.4 Å². The number of methoxy groups -OCH3 is 1. The molecule has 0 aliphatic rings. The Morgan fingerprint density at radius 2 is 2.29 bits per heavy atom. The summed E-state index contributed by atoms with van der Waals surface area (Å²) in [4.78, 5) is 32.4. The van der Waals surface area contributed by atoms with Gasteiger partial charge in [0, 0.05) is 6.20 Å². The van der Waals surface area contributed by atoms with E-state index < -0.39 is 23.1 Å². The lowest BCUT2D eigenvalue weighted by molar-refractivity contribution is -0.141. The zero-order chi connectivity index (χ0) is 10.7. The van der Waals surface area contributed by atoms with Gasteiger partial charge in [-0.05, 0) is 0 Å². The number of carboxylic acids is 1. The number of rotatable bonds is 3. The summed E-state index contributed by atoms with van der Waals surface area (Å²) in [5, 5.41) is 10.9. The molecular formula is C7H8N2O5. The number of nitrogens with zero attached hydrogens (tertiary/aromatic N) is 1. The van der Waals surface area contributed by atoms with Crippen molar-refractivity contribution in [2.75, 3.05) is 7.11 Å². The van der Waals surface area contributed by atoms with Crippen LogP contribution in [-0.2, 0) is 16.1 Å². The first-order chi connectivity index (χ1) is 6.56. The Morgan fingerprint density at radius 3 is 2.71 bits per heavy atom. The molecule has 0 aliphatic heterocycles. The van der Waals surface area contributed by atoms with Gasteiger partial charge in [0.25, 0.3) is 5.56 Å². The second kappa shape index (κ2) is 3.77. The molecule has 14 heavy (non-hydrogen) atoms. The Balaban J connectivity index is 2.96. The molecule has 1 aromatic rings. The molecule has 0 saturated heterocycles. The number of carbonyl (C=O) groups excluding carboxylic acids is 1. The van der Waals surface area contributed by atoms with Gasteiger partial charge in [-0.15, -0.1) is 0 Å². The molecule has 1 rings (SSSR count). The normalized spacial score (nSPS) is 9.79. The largest absolute Gasteiger partial charge is 0.477 e. The van der Waals surface area contributed by atoms with Crippen LogP contribution in [0.3, 0.4) is 0 Å². The lowest BCUT2D eigenvalue weighted by atomic mass is 10.4. The molecule has 0 atom stereocenters. The lowest BCUT2D eigenvalue weighted by Crippen LogP contribution is -2.25. The predicted molar refractivity (Wildman–Crippen MR) is 44.0 cm³/mol. The number of H-pyrrole nitrogens is 1. The topological polar surface area (TPSA) is 101 Å². The lowest BCUT2D eigenvalue weighted by Gasteiger charge is -1.97. The highest BCUT2D eigenvalue weighted by Gasteiger charge is 2.14. The summed E-state index contributed by atoms with van der Waals surface area (Å²) in [5.41, 5.74) is -1.17. The summed E-state index contributed by atoms with van der Waals surface area (Å²) in [7, 11) is 1.18. The third-order valence-corrected chi connectivity index (χ3v) is 1.59. The quantitative estimate of drug-likeness (QED) is 0.612. The van der Waals surface area contributed by atoms with Crippen LogP contribution in [0.15, 0.2) is 11.0 Å². The van der Waals surface area contributed by atoms with Crippen LogP contribution in [0, 0.1) is 0 Å². The van der Waals surface area contributed by atoms with Crippen LogP contribution in [0.4, 0.5) is 0 Å². The highest BCUT2D eigenvalue weighted by molar-refractivity contribution is 5.86. The fraction of sp³-hybridized carbons (Fsp3) is 0.286. The molecule has 0 spiro atoms. The minimum Gasteiger partial charge on any atom is -0.477 e. The number of ether oxygens (including phenoxy) is 1. The first kappa shape index (κ1) is 10.0. The van der Waals surface area contributed by atoms with E-state index in [1.807, 2.05) is 0 Å². The van der Waals surface area contributed by atoms with Gasteiger partial charge in [-0.3, -0.25) is 9.59 Å². The van der Waals surface area contributed by atoms with Crippen molar-refractivity contribution in [3.05, 3.63) is 22.1 Å². The van der Waals surface area contributed by atoms with E-state index in [4.69, 9.17) is 5.11 Å². The molecule has 1 aromatic heterocycles. The predicted octanol–water partition coefficient (Wildman–Crippen LogP) is -0.952. The number of hydrogen-bond acceptors (Lipinski definition) is 4. The van der Waals surface area contributed by atoms with Crippen molar-refractivity contribution in [1.82, 2.24) is 9.78 Å². The summed E-state index contributed by atoms with van der Waals surface area (Å²) in [5.74, 6) is -1.97. The summed E-state index contributed by atoms with van der Waals surface area (Å²) >= 11 is 0. The van der Waals surface area contributed by atoms with Gasteiger partial charge in [-0.2, -0.15) is 0 Å². The number of aromatic nitrogens is 2. The van der Waals surface area contributed by atoms with Crippen LogP contribution >= 0.6 is 0 Å². The maximum absolute atomic E-state index is 11.2. The smallest absolute Gasteiger partial charge is 0.342 e. The Bertz CT molecular complexity index is 416. The number of nitrogens with one attached hydrogen (secondary N) is 1. The fourth-order valence-electron chi connectivity index (χ4n) is 0.873. The molecule has 76 valence electrons. The van der Waals surface area contributed by atoms with E-state index in [9.17, 15) is 14.4 Å². The molecule has 2 N–H and O–H groups in total. The summed E-state index contributed by atoms with van der Waals surface area (Å²) < 4.78 is 5.17. The third kappa shape index (κ3) is 1.82. The van der Waals surface area contributed by atoms with E-state index >= 15 is 0 Å². The zero-order valence-electron chi connectivity index (χ0n) is 7.31. The van der Waals surface area contributed by atoms with Gasteiger partial charge in [0.1, 0.15) is 12.1 Å². The zero-order valence-corrected chi connectivity index (χ0v) is 7.31. The van der Waals surface area contributed by atoms with E-state index in [1.54, 1.807) is 0 Å². The Labute approximate surface area is 77.9 Å². The van der Waals surface area contributed by atoms with Crippen molar-refractivity contribution in [3.63, 3.8) is 0 Å². The third-order valence-electron chi connectivity index (χ3n) is 1.59. The van der Waals surface area contributed by atoms with Crippen LogP contribution in [0.2, 0.25) is 0 Å². The van der Waals surface area contributed by atoms with Gasteiger partial charge in [0.05, 0.1) is 7.11 Å². The van der Waals surface area contributed by atoms with Gasteiger partial charge in [0.15, 0.2) is 0 Å². The fourth-order valence-corrected chi connectivity index (χ4v) is 0.873. The number of aromatic carboxylic acids is 1. The number of esters is 1. The molecule has 0 amide bonds. The standard InChI is InChI=1S/C7H8N2O5/c1-14-5(10)3-9-6(11)4(2-8-9)7(12)13/h2,8H,3H2,1H3,(H,12,13). The van der Waals surface area contributed by atoms with Crippen molar-refractivity contribution in [1.29, 1.82) is 0 Å². The molecule has 0 fully saturated rings. The maximum Gasteiger partial charge on any atom is 0.342 e. The van der Waals surface area contributed by atoms with E-state index in [0.717, 1.165) is 10.9 Å². The molecule has 1 heterocycles. The molecule has 7 nitrogen and oxygen atoms in total. The van der Waals surface area contributed by atoms with E-state index in [1.165, 1.54) is 7.11 Å². The molecule has 0 aliphatic carbocycles.